The first-order chi connectivity index (χ1) is 8.86. The molecule has 0 aliphatic carbocycles. The number of aliphatic hydroxyl groups is 1. The largest absolute Gasteiger partial charge is 0.386 e. The van der Waals surface area contributed by atoms with Gasteiger partial charge in [-0.15, -0.1) is 11.3 Å². The van der Waals surface area contributed by atoms with Crippen LogP contribution in [0.4, 0.5) is 0 Å². The number of aliphatic hydroxyl groups excluding tert-OH is 1. The second-order valence-electron chi connectivity index (χ2n) is 5.99. The molecule has 2 rings (SSSR count). The summed E-state index contributed by atoms with van der Waals surface area (Å²) in [5.41, 5.74) is 3.61. The molecule has 0 spiro atoms. The average Bonchev–Trinajstić information content (AvgIpc) is 2.75. The predicted octanol–water partition coefficient (Wildman–Crippen LogP) is 4.03. The molecule has 1 atom stereocenters. The highest BCUT2D eigenvalue weighted by molar-refractivity contribution is 7.09. The summed E-state index contributed by atoms with van der Waals surface area (Å²) in [6.07, 6.45) is 0.122. The number of aromatic nitrogens is 1. The molecular formula is C16H21NOS. The second-order valence-corrected chi connectivity index (χ2v) is 6.88. The molecular weight excluding hydrogens is 254 g/mol. The molecule has 0 amide bonds. The van der Waals surface area contributed by atoms with E-state index in [1.807, 2.05) is 12.3 Å². The SMILES string of the molecule is Cc1csc(C(O)Cc2ccc(C(C)(C)C)cc2)n1. The fraction of sp³-hybridized carbons (Fsp3) is 0.438. The molecule has 0 aliphatic rings. The van der Waals surface area contributed by atoms with E-state index in [1.54, 1.807) is 0 Å². The first-order valence-corrected chi connectivity index (χ1v) is 7.44. The molecule has 1 aromatic heterocycles. The van der Waals surface area contributed by atoms with Crippen molar-refractivity contribution in [3.63, 3.8) is 0 Å². The highest BCUT2D eigenvalue weighted by Gasteiger charge is 2.15. The average molecular weight is 275 g/mol. The number of hydrogen-bond donors (Lipinski definition) is 1. The van der Waals surface area contributed by atoms with Gasteiger partial charge in [0.25, 0.3) is 0 Å². The minimum Gasteiger partial charge on any atom is -0.386 e. The lowest BCUT2D eigenvalue weighted by molar-refractivity contribution is 0.178. The lowest BCUT2D eigenvalue weighted by Crippen LogP contribution is -2.11. The summed E-state index contributed by atoms with van der Waals surface area (Å²) in [5.74, 6) is 0. The van der Waals surface area contributed by atoms with Crippen molar-refractivity contribution in [2.24, 2.45) is 0 Å². The van der Waals surface area contributed by atoms with E-state index in [9.17, 15) is 5.11 Å². The van der Waals surface area contributed by atoms with E-state index in [0.29, 0.717) is 6.42 Å². The summed E-state index contributed by atoms with van der Waals surface area (Å²) in [4.78, 5) is 4.33. The standard InChI is InChI=1S/C16H21NOS/c1-11-10-19-15(17-11)14(18)9-12-5-7-13(8-6-12)16(2,3)4/h5-8,10,14,18H,9H2,1-4H3. The van der Waals surface area contributed by atoms with Crippen LogP contribution in [-0.4, -0.2) is 10.1 Å². The van der Waals surface area contributed by atoms with Crippen LogP contribution in [0.5, 0.6) is 0 Å². The van der Waals surface area contributed by atoms with Crippen LogP contribution < -0.4 is 0 Å². The van der Waals surface area contributed by atoms with Crippen molar-refractivity contribution in [2.75, 3.05) is 0 Å². The van der Waals surface area contributed by atoms with Gasteiger partial charge in [-0.05, 0) is 23.5 Å². The normalized spacial score (nSPS) is 13.5. The van der Waals surface area contributed by atoms with Crippen molar-refractivity contribution >= 4 is 11.3 Å². The molecule has 0 saturated heterocycles. The molecule has 3 heteroatoms. The highest BCUT2D eigenvalue weighted by Crippen LogP contribution is 2.25. The van der Waals surface area contributed by atoms with Crippen LogP contribution in [0.1, 0.15) is 48.7 Å². The monoisotopic (exact) mass is 275 g/mol. The molecule has 1 aromatic carbocycles. The van der Waals surface area contributed by atoms with Gasteiger partial charge in [-0.3, -0.25) is 0 Å². The van der Waals surface area contributed by atoms with E-state index in [2.05, 4.69) is 50.0 Å². The van der Waals surface area contributed by atoms with E-state index in [1.165, 1.54) is 16.9 Å². The zero-order valence-corrected chi connectivity index (χ0v) is 12.8. The third kappa shape index (κ3) is 3.64. The van der Waals surface area contributed by atoms with Gasteiger partial charge in [0.1, 0.15) is 11.1 Å². The number of hydrogen-bond acceptors (Lipinski definition) is 3. The fourth-order valence-electron chi connectivity index (χ4n) is 1.98. The van der Waals surface area contributed by atoms with Gasteiger partial charge in [-0.25, -0.2) is 4.98 Å². The summed E-state index contributed by atoms with van der Waals surface area (Å²) in [6.45, 7) is 8.56. The number of nitrogens with zero attached hydrogens (tertiary/aromatic N) is 1. The molecule has 102 valence electrons. The summed E-state index contributed by atoms with van der Waals surface area (Å²) in [6, 6.07) is 8.50. The van der Waals surface area contributed by atoms with Gasteiger partial charge in [0.15, 0.2) is 0 Å². The number of benzene rings is 1. The predicted molar refractivity (Wildman–Crippen MR) is 80.7 cm³/mol. The zero-order chi connectivity index (χ0) is 14.0. The lowest BCUT2D eigenvalue weighted by Gasteiger charge is -2.19. The van der Waals surface area contributed by atoms with Gasteiger partial charge in [0.05, 0.1) is 0 Å². The van der Waals surface area contributed by atoms with E-state index >= 15 is 0 Å². The molecule has 19 heavy (non-hydrogen) atoms. The van der Waals surface area contributed by atoms with Crippen LogP contribution in [0.15, 0.2) is 29.6 Å². The van der Waals surface area contributed by atoms with Gasteiger partial charge in [-0.1, -0.05) is 45.0 Å². The Kier molecular flexibility index (Phi) is 4.07. The summed E-state index contributed by atoms with van der Waals surface area (Å²) in [5, 5.41) is 12.9. The third-order valence-electron chi connectivity index (χ3n) is 3.17. The maximum atomic E-state index is 10.2. The molecule has 0 fully saturated rings. The molecule has 0 bridgehead atoms. The Morgan fingerprint density at radius 1 is 1.21 bits per heavy atom. The number of thiazole rings is 1. The number of rotatable bonds is 3. The first kappa shape index (κ1) is 14.2. The van der Waals surface area contributed by atoms with Gasteiger partial charge >= 0.3 is 0 Å². The molecule has 2 aromatic rings. The minimum atomic E-state index is -0.501. The van der Waals surface area contributed by atoms with Crippen LogP contribution in [0.3, 0.4) is 0 Å². The Labute approximate surface area is 119 Å². The van der Waals surface area contributed by atoms with Crippen molar-refractivity contribution in [1.82, 2.24) is 4.98 Å². The smallest absolute Gasteiger partial charge is 0.122 e. The van der Waals surface area contributed by atoms with Crippen LogP contribution >= 0.6 is 11.3 Å². The van der Waals surface area contributed by atoms with E-state index in [4.69, 9.17) is 0 Å². The topological polar surface area (TPSA) is 33.1 Å². The van der Waals surface area contributed by atoms with E-state index in [0.717, 1.165) is 16.3 Å². The lowest BCUT2D eigenvalue weighted by atomic mass is 9.86. The van der Waals surface area contributed by atoms with Crippen molar-refractivity contribution in [3.05, 3.63) is 51.5 Å². The van der Waals surface area contributed by atoms with E-state index in [-0.39, 0.29) is 5.41 Å². The highest BCUT2D eigenvalue weighted by atomic mass is 32.1. The second kappa shape index (κ2) is 5.43. The van der Waals surface area contributed by atoms with Crippen molar-refractivity contribution in [2.45, 2.75) is 45.6 Å². The fourth-order valence-corrected chi connectivity index (χ4v) is 2.76. The maximum absolute atomic E-state index is 10.2. The van der Waals surface area contributed by atoms with E-state index < -0.39 is 6.10 Å². The molecule has 1 heterocycles. The van der Waals surface area contributed by atoms with Crippen LogP contribution in [0.2, 0.25) is 0 Å². The zero-order valence-electron chi connectivity index (χ0n) is 12.0. The van der Waals surface area contributed by atoms with Crippen molar-refractivity contribution in [1.29, 1.82) is 0 Å². The minimum absolute atomic E-state index is 0.170. The molecule has 0 aliphatic heterocycles. The Hall–Kier alpha value is -1.19. The molecule has 2 nitrogen and oxygen atoms in total. The molecule has 1 unspecified atom stereocenters. The maximum Gasteiger partial charge on any atom is 0.122 e. The van der Waals surface area contributed by atoms with Crippen LogP contribution in [-0.2, 0) is 11.8 Å². The van der Waals surface area contributed by atoms with Crippen LogP contribution in [0.25, 0.3) is 0 Å². The van der Waals surface area contributed by atoms with Gasteiger partial charge in [-0.2, -0.15) is 0 Å². The summed E-state index contributed by atoms with van der Waals surface area (Å²) < 4.78 is 0. The Morgan fingerprint density at radius 3 is 2.32 bits per heavy atom. The third-order valence-corrected chi connectivity index (χ3v) is 4.23. The number of aryl methyl sites for hydroxylation is 1. The molecule has 0 saturated carbocycles. The van der Waals surface area contributed by atoms with Crippen molar-refractivity contribution < 1.29 is 5.11 Å². The van der Waals surface area contributed by atoms with Gasteiger partial charge in [0, 0.05) is 17.5 Å². The summed E-state index contributed by atoms with van der Waals surface area (Å²) in [7, 11) is 0. The van der Waals surface area contributed by atoms with Gasteiger partial charge < -0.3 is 5.11 Å². The Bertz CT molecular complexity index is 537. The van der Waals surface area contributed by atoms with Crippen molar-refractivity contribution in [3.8, 4) is 0 Å². The Morgan fingerprint density at radius 2 is 1.84 bits per heavy atom. The molecule has 1 N–H and O–H groups in total. The quantitative estimate of drug-likeness (QED) is 0.917. The molecule has 0 radical (unpaired) electrons. The van der Waals surface area contributed by atoms with Gasteiger partial charge in [0.2, 0.25) is 0 Å². The first-order valence-electron chi connectivity index (χ1n) is 6.56. The van der Waals surface area contributed by atoms with Crippen LogP contribution in [0, 0.1) is 6.92 Å². The Balaban J connectivity index is 2.07. The summed E-state index contributed by atoms with van der Waals surface area (Å²) >= 11 is 1.52.